The van der Waals surface area contributed by atoms with E-state index in [1.807, 2.05) is 69.3 Å². The van der Waals surface area contributed by atoms with Gasteiger partial charge in [0.1, 0.15) is 22.9 Å². The second kappa shape index (κ2) is 7.80. The van der Waals surface area contributed by atoms with E-state index >= 15 is 0 Å². The Kier molecular flexibility index (Phi) is 5.04. The molecule has 0 fully saturated rings. The van der Waals surface area contributed by atoms with E-state index in [4.69, 9.17) is 9.15 Å². The van der Waals surface area contributed by atoms with Gasteiger partial charge in [-0.3, -0.25) is 4.79 Å². The van der Waals surface area contributed by atoms with Crippen LogP contribution in [-0.4, -0.2) is 17.0 Å². The largest absolute Gasteiger partial charge is 0.491 e. The molecule has 4 rings (SSSR count). The highest BCUT2D eigenvalue weighted by atomic mass is 16.5. The van der Waals surface area contributed by atoms with Crippen LogP contribution in [0.25, 0.3) is 22.3 Å². The predicted octanol–water partition coefficient (Wildman–Crippen LogP) is 5.84. The number of anilines is 1. The Morgan fingerprint density at radius 3 is 2.55 bits per heavy atom. The smallest absolute Gasteiger partial charge is 0.257 e. The number of pyridine rings is 1. The molecule has 2 heterocycles. The van der Waals surface area contributed by atoms with Gasteiger partial charge >= 0.3 is 0 Å². The lowest BCUT2D eigenvalue weighted by Crippen LogP contribution is -2.14. The molecule has 4 aromatic rings. The van der Waals surface area contributed by atoms with Gasteiger partial charge in [0.15, 0.2) is 0 Å². The maximum atomic E-state index is 13.0. The second-order valence-corrected chi connectivity index (χ2v) is 7.20. The van der Waals surface area contributed by atoms with E-state index in [2.05, 4.69) is 10.3 Å². The Bertz CT molecular complexity index is 1150. The molecule has 5 nitrogen and oxygen atoms in total. The van der Waals surface area contributed by atoms with Gasteiger partial charge in [-0.25, -0.2) is 4.98 Å². The van der Waals surface area contributed by atoms with Gasteiger partial charge in [0, 0.05) is 23.2 Å². The topological polar surface area (TPSA) is 64.4 Å². The van der Waals surface area contributed by atoms with E-state index in [1.54, 1.807) is 18.3 Å². The zero-order valence-corrected chi connectivity index (χ0v) is 16.6. The van der Waals surface area contributed by atoms with E-state index < -0.39 is 0 Å². The molecule has 0 saturated carbocycles. The van der Waals surface area contributed by atoms with Crippen LogP contribution in [0.4, 0.5) is 5.82 Å². The van der Waals surface area contributed by atoms with Crippen molar-refractivity contribution in [2.75, 3.05) is 5.32 Å². The monoisotopic (exact) mass is 386 g/mol. The molecule has 146 valence electrons. The summed E-state index contributed by atoms with van der Waals surface area (Å²) < 4.78 is 11.9. The summed E-state index contributed by atoms with van der Waals surface area (Å²) in [5, 5.41) is 3.59. The number of carbonyl (C=O) groups is 1. The second-order valence-electron chi connectivity index (χ2n) is 7.20. The number of aromatic nitrogens is 1. The summed E-state index contributed by atoms with van der Waals surface area (Å²) in [6, 6.07) is 18.9. The molecule has 0 aliphatic rings. The van der Waals surface area contributed by atoms with E-state index in [1.165, 1.54) is 0 Å². The Balaban J connectivity index is 1.78. The lowest BCUT2D eigenvalue weighted by molar-refractivity contribution is 0.102. The minimum atomic E-state index is -0.263. The van der Waals surface area contributed by atoms with Crippen molar-refractivity contribution in [1.29, 1.82) is 0 Å². The third-order valence-electron chi connectivity index (χ3n) is 4.44. The van der Waals surface area contributed by atoms with Crippen LogP contribution >= 0.6 is 0 Å². The summed E-state index contributed by atoms with van der Waals surface area (Å²) in [6.45, 7) is 5.83. The van der Waals surface area contributed by atoms with Crippen molar-refractivity contribution in [1.82, 2.24) is 4.98 Å². The van der Waals surface area contributed by atoms with Crippen LogP contribution in [0, 0.1) is 6.92 Å². The molecular weight excluding hydrogens is 364 g/mol. The SMILES string of the molecule is Cc1ccc(NC(=O)c2cc(OC(C)C)cc3oc(-c4ccccc4)cc23)nc1. The number of fused-ring (bicyclic) bond motifs is 1. The average Bonchev–Trinajstić information content (AvgIpc) is 3.13. The van der Waals surface area contributed by atoms with Gasteiger partial charge in [0.2, 0.25) is 0 Å². The third-order valence-corrected chi connectivity index (χ3v) is 4.44. The number of aryl methyl sites for hydroxylation is 1. The van der Waals surface area contributed by atoms with Crippen molar-refractivity contribution < 1.29 is 13.9 Å². The van der Waals surface area contributed by atoms with Crippen LogP contribution in [0.5, 0.6) is 5.75 Å². The molecular formula is C24H22N2O3. The summed E-state index contributed by atoms with van der Waals surface area (Å²) >= 11 is 0. The number of benzene rings is 2. The zero-order valence-electron chi connectivity index (χ0n) is 16.6. The number of nitrogens with zero attached hydrogens (tertiary/aromatic N) is 1. The fourth-order valence-corrected chi connectivity index (χ4v) is 3.11. The highest BCUT2D eigenvalue weighted by molar-refractivity contribution is 6.13. The van der Waals surface area contributed by atoms with E-state index in [-0.39, 0.29) is 12.0 Å². The molecule has 0 aliphatic carbocycles. The Morgan fingerprint density at radius 1 is 1.07 bits per heavy atom. The van der Waals surface area contributed by atoms with Crippen LogP contribution in [-0.2, 0) is 0 Å². The summed E-state index contributed by atoms with van der Waals surface area (Å²) in [6.07, 6.45) is 1.69. The average molecular weight is 386 g/mol. The number of hydrogen-bond acceptors (Lipinski definition) is 4. The number of rotatable bonds is 5. The van der Waals surface area contributed by atoms with Crippen molar-refractivity contribution in [3.63, 3.8) is 0 Å². The van der Waals surface area contributed by atoms with Gasteiger partial charge in [-0.1, -0.05) is 36.4 Å². The first kappa shape index (κ1) is 18.7. The van der Waals surface area contributed by atoms with Crippen LogP contribution in [0.2, 0.25) is 0 Å². The summed E-state index contributed by atoms with van der Waals surface area (Å²) in [5.41, 5.74) is 3.05. The van der Waals surface area contributed by atoms with Crippen LogP contribution in [0.15, 0.2) is 71.3 Å². The standard InChI is InChI=1S/C24H22N2O3/c1-15(2)28-18-11-20(24(27)26-23-10-9-16(3)14-25-23)19-13-21(29-22(19)12-18)17-7-5-4-6-8-17/h4-15H,1-3H3,(H,25,26,27). The van der Waals surface area contributed by atoms with Gasteiger partial charge in [-0.2, -0.15) is 0 Å². The molecule has 1 N–H and O–H groups in total. The van der Waals surface area contributed by atoms with E-state index in [0.29, 0.717) is 28.5 Å². The Hall–Kier alpha value is -3.60. The first-order chi connectivity index (χ1) is 14.0. The lowest BCUT2D eigenvalue weighted by Gasteiger charge is -2.12. The molecule has 0 atom stereocenters. The number of nitrogens with one attached hydrogen (secondary N) is 1. The quantitative estimate of drug-likeness (QED) is 0.468. The molecule has 0 spiro atoms. The van der Waals surface area contributed by atoms with Crippen LogP contribution in [0.3, 0.4) is 0 Å². The minimum absolute atomic E-state index is 0.0225. The highest BCUT2D eigenvalue weighted by Crippen LogP contribution is 2.33. The van der Waals surface area contributed by atoms with Gasteiger partial charge in [-0.15, -0.1) is 0 Å². The molecule has 0 aliphatic heterocycles. The minimum Gasteiger partial charge on any atom is -0.491 e. The van der Waals surface area contributed by atoms with E-state index in [9.17, 15) is 4.79 Å². The third kappa shape index (κ3) is 4.14. The van der Waals surface area contributed by atoms with Gasteiger partial charge in [0.25, 0.3) is 5.91 Å². The number of carbonyl (C=O) groups excluding carboxylic acids is 1. The Labute approximate surface area is 169 Å². The molecule has 5 heteroatoms. The maximum Gasteiger partial charge on any atom is 0.257 e. The van der Waals surface area contributed by atoms with Gasteiger partial charge in [-0.05, 0) is 44.5 Å². The van der Waals surface area contributed by atoms with Crippen molar-refractivity contribution in [2.45, 2.75) is 26.9 Å². The lowest BCUT2D eigenvalue weighted by atomic mass is 10.1. The zero-order chi connectivity index (χ0) is 20.4. The van der Waals surface area contributed by atoms with Crippen molar-refractivity contribution in [3.8, 4) is 17.1 Å². The first-order valence-corrected chi connectivity index (χ1v) is 9.53. The summed E-state index contributed by atoms with van der Waals surface area (Å²) in [7, 11) is 0. The normalized spacial score (nSPS) is 11.0. The van der Waals surface area contributed by atoms with Gasteiger partial charge in [0.05, 0.1) is 11.7 Å². The van der Waals surface area contributed by atoms with Crippen LogP contribution < -0.4 is 10.1 Å². The number of amides is 1. The fourth-order valence-electron chi connectivity index (χ4n) is 3.11. The molecule has 0 saturated heterocycles. The maximum absolute atomic E-state index is 13.0. The van der Waals surface area contributed by atoms with Crippen molar-refractivity contribution in [3.05, 3.63) is 78.0 Å². The van der Waals surface area contributed by atoms with Crippen molar-refractivity contribution >= 4 is 22.7 Å². The summed E-state index contributed by atoms with van der Waals surface area (Å²) in [5.74, 6) is 1.52. The Morgan fingerprint density at radius 2 is 1.86 bits per heavy atom. The molecule has 0 bridgehead atoms. The number of ether oxygens (including phenoxy) is 1. The van der Waals surface area contributed by atoms with Gasteiger partial charge < -0.3 is 14.5 Å². The summed E-state index contributed by atoms with van der Waals surface area (Å²) in [4.78, 5) is 17.3. The number of furan rings is 1. The highest BCUT2D eigenvalue weighted by Gasteiger charge is 2.18. The molecule has 0 unspecified atom stereocenters. The molecule has 0 radical (unpaired) electrons. The van der Waals surface area contributed by atoms with Crippen LogP contribution in [0.1, 0.15) is 29.8 Å². The van der Waals surface area contributed by atoms with Crippen molar-refractivity contribution in [2.24, 2.45) is 0 Å². The molecule has 2 aromatic heterocycles. The molecule has 2 aromatic carbocycles. The predicted molar refractivity (Wildman–Crippen MR) is 114 cm³/mol. The number of hydrogen-bond donors (Lipinski definition) is 1. The molecule has 29 heavy (non-hydrogen) atoms. The molecule has 1 amide bonds. The fraction of sp³-hybridized carbons (Fsp3) is 0.167. The van der Waals surface area contributed by atoms with E-state index in [0.717, 1.165) is 16.5 Å². The first-order valence-electron chi connectivity index (χ1n) is 9.53.